The normalized spacial score (nSPS) is 12.7. The highest BCUT2D eigenvalue weighted by Crippen LogP contribution is 2.32. The molecule has 1 aromatic carbocycles. The van der Waals surface area contributed by atoms with Gasteiger partial charge in [0, 0.05) is 18.1 Å². The number of hydrogen-bond donors (Lipinski definition) is 1. The van der Waals surface area contributed by atoms with Gasteiger partial charge < -0.3 is 5.11 Å². The lowest BCUT2D eigenvalue weighted by molar-refractivity contribution is 0.209. The number of nitrogens with zero attached hydrogens (tertiary/aromatic N) is 3. The van der Waals surface area contributed by atoms with Crippen LogP contribution in [0.2, 0.25) is 5.02 Å². The molecule has 3 aromatic rings. The third-order valence-electron chi connectivity index (χ3n) is 3.50. The largest absolute Gasteiger partial charge is 0.382 e. The molecular formula is C16H16ClN3O. The number of fused-ring (bicyclic) bond motifs is 1. The van der Waals surface area contributed by atoms with Gasteiger partial charge in [0.1, 0.15) is 6.10 Å². The number of benzene rings is 1. The van der Waals surface area contributed by atoms with E-state index in [0.29, 0.717) is 10.7 Å². The maximum Gasteiger partial charge on any atom is 0.123 e. The molecule has 0 radical (unpaired) electrons. The Hall–Kier alpha value is -1.91. The zero-order valence-electron chi connectivity index (χ0n) is 11.7. The number of aliphatic hydroxyl groups is 1. The lowest BCUT2D eigenvalue weighted by Gasteiger charge is -2.16. The molecule has 21 heavy (non-hydrogen) atoms. The van der Waals surface area contributed by atoms with Crippen LogP contribution in [0, 0.1) is 0 Å². The summed E-state index contributed by atoms with van der Waals surface area (Å²) in [7, 11) is 0. The van der Waals surface area contributed by atoms with E-state index in [0.717, 1.165) is 29.4 Å². The van der Waals surface area contributed by atoms with Crippen LogP contribution >= 0.6 is 11.6 Å². The van der Waals surface area contributed by atoms with Crippen LogP contribution in [-0.2, 0) is 6.54 Å². The van der Waals surface area contributed by atoms with Crippen molar-refractivity contribution in [2.75, 3.05) is 0 Å². The van der Waals surface area contributed by atoms with Gasteiger partial charge >= 0.3 is 0 Å². The van der Waals surface area contributed by atoms with Crippen molar-refractivity contribution in [2.24, 2.45) is 0 Å². The van der Waals surface area contributed by atoms with Crippen LogP contribution in [0.1, 0.15) is 30.7 Å². The number of rotatable bonds is 4. The summed E-state index contributed by atoms with van der Waals surface area (Å²) in [5, 5.41) is 16.4. The second-order valence-corrected chi connectivity index (χ2v) is 5.33. The first-order valence-corrected chi connectivity index (χ1v) is 7.33. The van der Waals surface area contributed by atoms with Crippen molar-refractivity contribution in [1.82, 2.24) is 14.8 Å². The third-order valence-corrected chi connectivity index (χ3v) is 3.79. The minimum atomic E-state index is -0.820. The van der Waals surface area contributed by atoms with E-state index < -0.39 is 6.10 Å². The summed E-state index contributed by atoms with van der Waals surface area (Å²) in [6, 6.07) is 9.53. The zero-order chi connectivity index (χ0) is 14.8. The van der Waals surface area contributed by atoms with Crippen LogP contribution in [0.3, 0.4) is 0 Å². The molecule has 0 saturated carbocycles. The quantitative estimate of drug-likeness (QED) is 0.801. The van der Waals surface area contributed by atoms with Crippen LogP contribution < -0.4 is 0 Å². The van der Waals surface area contributed by atoms with Crippen molar-refractivity contribution in [2.45, 2.75) is 26.0 Å². The van der Waals surface area contributed by atoms with E-state index in [9.17, 15) is 5.11 Å². The maximum atomic E-state index is 10.8. The van der Waals surface area contributed by atoms with Crippen LogP contribution in [0.5, 0.6) is 0 Å². The molecule has 0 amide bonds. The Bertz CT molecular complexity index is 764. The van der Waals surface area contributed by atoms with Gasteiger partial charge in [0.15, 0.2) is 0 Å². The van der Waals surface area contributed by atoms with Gasteiger partial charge in [0.2, 0.25) is 0 Å². The zero-order valence-corrected chi connectivity index (χ0v) is 12.5. The highest BCUT2D eigenvalue weighted by molar-refractivity contribution is 6.31. The number of halogens is 1. The molecule has 0 aliphatic heterocycles. The summed E-state index contributed by atoms with van der Waals surface area (Å²) in [6.07, 6.45) is 3.43. The first-order chi connectivity index (χ1) is 10.2. The Morgan fingerprint density at radius 2 is 2.14 bits per heavy atom. The molecule has 0 bridgehead atoms. The van der Waals surface area contributed by atoms with Crippen molar-refractivity contribution in [3.8, 4) is 0 Å². The lowest BCUT2D eigenvalue weighted by Crippen LogP contribution is -2.11. The minimum Gasteiger partial charge on any atom is -0.382 e. The monoisotopic (exact) mass is 301 g/mol. The Morgan fingerprint density at radius 3 is 2.95 bits per heavy atom. The lowest BCUT2D eigenvalue weighted by atomic mass is 10.0. The molecule has 2 heterocycles. The molecule has 0 aliphatic carbocycles. The van der Waals surface area contributed by atoms with Gasteiger partial charge in [0.25, 0.3) is 0 Å². The first-order valence-electron chi connectivity index (χ1n) is 6.95. The average Bonchev–Trinajstić information content (AvgIpc) is 2.87. The second kappa shape index (κ2) is 5.84. The van der Waals surface area contributed by atoms with Gasteiger partial charge in [-0.05, 0) is 24.1 Å². The van der Waals surface area contributed by atoms with Gasteiger partial charge in [-0.2, -0.15) is 5.10 Å². The molecule has 2 aromatic heterocycles. The number of hydrogen-bond acceptors (Lipinski definition) is 3. The Balaban J connectivity index is 2.13. The summed E-state index contributed by atoms with van der Waals surface area (Å²) >= 11 is 6.22. The fourth-order valence-corrected chi connectivity index (χ4v) is 2.79. The smallest absolute Gasteiger partial charge is 0.123 e. The fourth-order valence-electron chi connectivity index (χ4n) is 2.55. The van der Waals surface area contributed by atoms with E-state index in [4.69, 9.17) is 11.6 Å². The average molecular weight is 302 g/mol. The molecule has 0 fully saturated rings. The summed E-state index contributed by atoms with van der Waals surface area (Å²) in [6.45, 7) is 2.79. The van der Waals surface area contributed by atoms with Gasteiger partial charge in [0.05, 0.1) is 22.4 Å². The maximum absolute atomic E-state index is 10.8. The number of aliphatic hydroxyl groups excluding tert-OH is 1. The molecule has 0 saturated heterocycles. The van der Waals surface area contributed by atoms with Crippen LogP contribution in [-0.4, -0.2) is 19.9 Å². The minimum absolute atomic E-state index is 0.483. The van der Waals surface area contributed by atoms with Gasteiger partial charge in [-0.15, -0.1) is 0 Å². The van der Waals surface area contributed by atoms with Crippen LogP contribution in [0.25, 0.3) is 10.9 Å². The Kier molecular flexibility index (Phi) is 3.90. The summed E-state index contributed by atoms with van der Waals surface area (Å²) < 4.78 is 1.77. The van der Waals surface area contributed by atoms with E-state index >= 15 is 0 Å². The van der Waals surface area contributed by atoms with Gasteiger partial charge in [-0.1, -0.05) is 36.7 Å². The predicted octanol–water partition coefficient (Wildman–Crippen LogP) is 3.58. The van der Waals surface area contributed by atoms with Crippen molar-refractivity contribution in [1.29, 1.82) is 0 Å². The van der Waals surface area contributed by atoms with Crippen molar-refractivity contribution >= 4 is 22.5 Å². The van der Waals surface area contributed by atoms with Gasteiger partial charge in [-0.3, -0.25) is 9.67 Å². The highest BCUT2D eigenvalue weighted by Gasteiger charge is 2.21. The van der Waals surface area contributed by atoms with E-state index in [2.05, 4.69) is 17.0 Å². The van der Waals surface area contributed by atoms with E-state index in [1.165, 1.54) is 0 Å². The van der Waals surface area contributed by atoms with Crippen LogP contribution in [0.15, 0.2) is 42.7 Å². The molecule has 3 rings (SSSR count). The second-order valence-electron chi connectivity index (χ2n) is 4.92. The Morgan fingerprint density at radius 1 is 1.29 bits per heavy atom. The fraction of sp³-hybridized carbons (Fsp3) is 0.250. The van der Waals surface area contributed by atoms with Crippen molar-refractivity contribution < 1.29 is 5.11 Å². The molecule has 108 valence electrons. The number of aromatic nitrogens is 3. The summed E-state index contributed by atoms with van der Waals surface area (Å²) in [4.78, 5) is 4.32. The molecule has 4 nitrogen and oxygen atoms in total. The van der Waals surface area contributed by atoms with E-state index in [-0.39, 0.29) is 0 Å². The van der Waals surface area contributed by atoms with Crippen LogP contribution in [0.4, 0.5) is 0 Å². The first kappa shape index (κ1) is 14.0. The highest BCUT2D eigenvalue weighted by atomic mass is 35.5. The van der Waals surface area contributed by atoms with Crippen molar-refractivity contribution in [3.63, 3.8) is 0 Å². The van der Waals surface area contributed by atoms with E-state index in [1.807, 2.05) is 30.3 Å². The van der Waals surface area contributed by atoms with E-state index in [1.54, 1.807) is 17.1 Å². The topological polar surface area (TPSA) is 50.9 Å². The number of aryl methyl sites for hydroxylation is 1. The standard InChI is InChI=1S/C16H16ClN3O/c1-2-9-20-15(13(17)10-19-20)16(21)12-5-3-7-14-11(12)6-4-8-18-14/h3-8,10,16,21H,2,9H2,1H3. The molecule has 1 N–H and O–H groups in total. The molecule has 1 unspecified atom stereocenters. The van der Waals surface area contributed by atoms with Gasteiger partial charge in [-0.25, -0.2) is 0 Å². The molecule has 0 spiro atoms. The summed E-state index contributed by atoms with van der Waals surface area (Å²) in [5.74, 6) is 0. The molecule has 5 heteroatoms. The Labute approximate surface area is 128 Å². The van der Waals surface area contributed by atoms with Crippen molar-refractivity contribution in [3.05, 3.63) is 59.0 Å². The predicted molar refractivity (Wildman–Crippen MR) is 83.3 cm³/mol. The third kappa shape index (κ3) is 2.52. The SMILES string of the molecule is CCCn1ncc(Cl)c1C(O)c1cccc2ncccc12. The molecule has 0 aliphatic rings. The number of pyridine rings is 1. The summed E-state index contributed by atoms with van der Waals surface area (Å²) in [5.41, 5.74) is 2.28. The molecular weight excluding hydrogens is 286 g/mol. The molecule has 1 atom stereocenters.